The fourth-order valence-electron chi connectivity index (χ4n) is 4.33. The molecule has 0 saturated carbocycles. The van der Waals surface area contributed by atoms with E-state index >= 15 is 0 Å². The number of benzene rings is 1. The van der Waals surface area contributed by atoms with E-state index in [0.29, 0.717) is 12.4 Å². The third-order valence-corrected chi connectivity index (χ3v) is 6.07. The number of fused-ring (bicyclic) bond motifs is 1. The molecule has 3 N–H and O–H groups in total. The number of anilines is 2. The molecule has 3 aliphatic rings. The highest BCUT2D eigenvalue weighted by Gasteiger charge is 2.44. The molecule has 1 unspecified atom stereocenters. The summed E-state index contributed by atoms with van der Waals surface area (Å²) in [4.78, 5) is 61.2. The zero-order valence-electron chi connectivity index (χ0n) is 17.8. The fourth-order valence-corrected chi connectivity index (χ4v) is 4.33. The number of amides is 4. The second kappa shape index (κ2) is 8.58. The molecule has 11 nitrogen and oxygen atoms in total. The van der Waals surface area contributed by atoms with Crippen LogP contribution in [-0.2, 0) is 16.1 Å². The van der Waals surface area contributed by atoms with Gasteiger partial charge in [0.05, 0.1) is 11.1 Å². The summed E-state index contributed by atoms with van der Waals surface area (Å²) >= 11 is 0. The first-order valence-corrected chi connectivity index (χ1v) is 10.9. The van der Waals surface area contributed by atoms with Crippen molar-refractivity contribution in [1.82, 2.24) is 25.5 Å². The number of hydrogen-bond donors (Lipinski definition) is 3. The molecule has 4 heterocycles. The van der Waals surface area contributed by atoms with Crippen molar-refractivity contribution in [2.75, 3.05) is 36.4 Å². The summed E-state index contributed by atoms with van der Waals surface area (Å²) in [6.45, 7) is 3.96. The molecule has 0 spiro atoms. The number of piperazine rings is 1. The summed E-state index contributed by atoms with van der Waals surface area (Å²) in [7, 11) is 0. The quantitative estimate of drug-likeness (QED) is 0.535. The van der Waals surface area contributed by atoms with E-state index in [-0.39, 0.29) is 24.0 Å². The number of nitrogens with zero attached hydrogens (tertiary/aromatic N) is 4. The number of carbonyl (C=O) groups excluding carboxylic acids is 4. The van der Waals surface area contributed by atoms with Crippen LogP contribution in [0.4, 0.5) is 11.6 Å². The second-order valence-electron chi connectivity index (χ2n) is 8.18. The number of hydrogen-bond acceptors (Lipinski definition) is 9. The van der Waals surface area contributed by atoms with Gasteiger partial charge in [-0.1, -0.05) is 6.07 Å². The maximum Gasteiger partial charge on any atom is 0.262 e. The molecule has 1 aromatic heterocycles. The highest BCUT2D eigenvalue weighted by Crippen LogP contribution is 2.28. The Morgan fingerprint density at radius 1 is 1.00 bits per heavy atom. The lowest BCUT2D eigenvalue weighted by Crippen LogP contribution is -2.54. The first-order chi connectivity index (χ1) is 16.0. The van der Waals surface area contributed by atoms with Crippen LogP contribution in [0.2, 0.25) is 0 Å². The Hall–Kier alpha value is -3.86. The van der Waals surface area contributed by atoms with Crippen LogP contribution in [0, 0.1) is 0 Å². The number of aromatic nitrogens is 2. The first kappa shape index (κ1) is 21.0. The molecule has 4 amide bonds. The third kappa shape index (κ3) is 4.02. The van der Waals surface area contributed by atoms with Gasteiger partial charge in [0, 0.05) is 45.2 Å². The van der Waals surface area contributed by atoms with Gasteiger partial charge in [-0.2, -0.15) is 0 Å². The molecular weight excluding hydrogens is 426 g/mol. The van der Waals surface area contributed by atoms with E-state index in [4.69, 9.17) is 0 Å². The van der Waals surface area contributed by atoms with Gasteiger partial charge in [-0.3, -0.25) is 29.4 Å². The van der Waals surface area contributed by atoms with Crippen molar-refractivity contribution in [3.8, 4) is 0 Å². The monoisotopic (exact) mass is 449 g/mol. The Morgan fingerprint density at radius 3 is 2.58 bits per heavy atom. The molecule has 33 heavy (non-hydrogen) atoms. The van der Waals surface area contributed by atoms with Crippen molar-refractivity contribution in [2.24, 2.45) is 0 Å². The van der Waals surface area contributed by atoms with Crippen molar-refractivity contribution >= 4 is 35.3 Å². The van der Waals surface area contributed by atoms with Crippen molar-refractivity contribution in [2.45, 2.75) is 25.4 Å². The molecule has 170 valence electrons. The zero-order valence-corrected chi connectivity index (χ0v) is 17.8. The number of carbonyl (C=O) groups is 4. The zero-order chi connectivity index (χ0) is 22.9. The van der Waals surface area contributed by atoms with Gasteiger partial charge >= 0.3 is 0 Å². The standard InChI is InChI=1S/C22H23N7O4/c30-19-4-3-16(20(31)27-19)29-21(32)14-2-1-13(9-15(14)22(29)33)11-24-17-10-18(26-12-25-17)28-7-5-23-6-8-28/h1-2,9-10,12,16,23H,3-8,11H2,(H,24,25,26)(H,27,30,31). The van der Waals surface area contributed by atoms with Crippen LogP contribution >= 0.6 is 0 Å². The molecule has 0 aliphatic carbocycles. The molecule has 1 aromatic carbocycles. The molecule has 0 bridgehead atoms. The summed E-state index contributed by atoms with van der Waals surface area (Å²) < 4.78 is 0. The van der Waals surface area contributed by atoms with Gasteiger partial charge in [-0.25, -0.2) is 9.97 Å². The van der Waals surface area contributed by atoms with Gasteiger partial charge in [0.2, 0.25) is 11.8 Å². The van der Waals surface area contributed by atoms with Gasteiger partial charge in [-0.05, 0) is 24.1 Å². The normalized spacial score (nSPS) is 20.7. The molecule has 5 rings (SSSR count). The topological polar surface area (TPSA) is 137 Å². The highest BCUT2D eigenvalue weighted by atomic mass is 16.2. The minimum atomic E-state index is -0.971. The van der Waals surface area contributed by atoms with Crippen molar-refractivity contribution in [3.05, 3.63) is 47.3 Å². The van der Waals surface area contributed by atoms with E-state index < -0.39 is 29.7 Å². The molecule has 0 radical (unpaired) electrons. The Balaban J connectivity index is 1.29. The van der Waals surface area contributed by atoms with Crippen LogP contribution in [0.15, 0.2) is 30.6 Å². The van der Waals surface area contributed by atoms with Crippen LogP contribution < -0.4 is 20.9 Å². The van der Waals surface area contributed by atoms with Gasteiger partial charge in [0.15, 0.2) is 0 Å². The van der Waals surface area contributed by atoms with E-state index in [1.54, 1.807) is 18.2 Å². The number of nitrogens with one attached hydrogen (secondary N) is 3. The van der Waals surface area contributed by atoms with E-state index in [0.717, 1.165) is 42.5 Å². The predicted molar refractivity (Wildman–Crippen MR) is 118 cm³/mol. The van der Waals surface area contributed by atoms with Gasteiger partial charge < -0.3 is 15.5 Å². The van der Waals surface area contributed by atoms with Gasteiger partial charge in [0.1, 0.15) is 24.0 Å². The lowest BCUT2D eigenvalue weighted by molar-refractivity contribution is -0.136. The molecule has 2 aromatic rings. The van der Waals surface area contributed by atoms with E-state index in [9.17, 15) is 19.2 Å². The van der Waals surface area contributed by atoms with Crippen LogP contribution in [-0.4, -0.2) is 70.7 Å². The summed E-state index contributed by atoms with van der Waals surface area (Å²) in [5, 5.41) is 8.75. The third-order valence-electron chi connectivity index (χ3n) is 6.07. The lowest BCUT2D eigenvalue weighted by atomic mass is 10.0. The number of imide groups is 2. The van der Waals surface area contributed by atoms with E-state index in [1.807, 2.05) is 6.07 Å². The molecule has 11 heteroatoms. The van der Waals surface area contributed by atoms with E-state index in [1.165, 1.54) is 6.33 Å². The summed E-state index contributed by atoms with van der Waals surface area (Å²) in [6.07, 6.45) is 1.74. The minimum absolute atomic E-state index is 0.0911. The smallest absolute Gasteiger partial charge is 0.262 e. The van der Waals surface area contributed by atoms with Crippen LogP contribution in [0.1, 0.15) is 39.1 Å². The summed E-state index contributed by atoms with van der Waals surface area (Å²) in [5.41, 5.74) is 1.31. The van der Waals surface area contributed by atoms with Crippen molar-refractivity contribution in [3.63, 3.8) is 0 Å². The van der Waals surface area contributed by atoms with Crippen molar-refractivity contribution < 1.29 is 19.2 Å². The van der Waals surface area contributed by atoms with Gasteiger partial charge in [-0.15, -0.1) is 0 Å². The second-order valence-corrected chi connectivity index (χ2v) is 8.18. The number of piperidine rings is 1. The largest absolute Gasteiger partial charge is 0.366 e. The molecule has 3 aliphatic heterocycles. The molecule has 2 fully saturated rings. The summed E-state index contributed by atoms with van der Waals surface area (Å²) in [5.74, 6) is -0.539. The average molecular weight is 449 g/mol. The van der Waals surface area contributed by atoms with E-state index in [2.05, 4.69) is 30.8 Å². The maximum atomic E-state index is 13.0. The Labute approximate surface area is 189 Å². The molecule has 2 saturated heterocycles. The Morgan fingerprint density at radius 2 is 1.79 bits per heavy atom. The van der Waals surface area contributed by atoms with Crippen LogP contribution in [0.5, 0.6) is 0 Å². The first-order valence-electron chi connectivity index (χ1n) is 10.9. The Bertz CT molecular complexity index is 1150. The maximum absolute atomic E-state index is 13.0. The molecular formula is C22H23N7O4. The van der Waals surface area contributed by atoms with Crippen molar-refractivity contribution in [1.29, 1.82) is 0 Å². The summed E-state index contributed by atoms with van der Waals surface area (Å²) in [6, 6.07) is 5.94. The fraction of sp³-hybridized carbons (Fsp3) is 0.364. The highest BCUT2D eigenvalue weighted by molar-refractivity contribution is 6.23. The SMILES string of the molecule is O=C1CCC(N2C(=O)c3ccc(CNc4cc(N5CCNCC5)ncn4)cc3C2=O)C(=O)N1. The molecule has 1 atom stereocenters. The van der Waals surface area contributed by atoms with Crippen LogP contribution in [0.3, 0.4) is 0 Å². The number of rotatable bonds is 5. The van der Waals surface area contributed by atoms with Gasteiger partial charge in [0.25, 0.3) is 11.8 Å². The lowest BCUT2D eigenvalue weighted by Gasteiger charge is -2.28. The van der Waals surface area contributed by atoms with Crippen LogP contribution in [0.25, 0.3) is 0 Å². The average Bonchev–Trinajstić information content (AvgIpc) is 3.08. The predicted octanol–water partition coefficient (Wildman–Crippen LogP) is -0.100. The minimum Gasteiger partial charge on any atom is -0.366 e. The Kier molecular flexibility index (Phi) is 5.47.